The van der Waals surface area contributed by atoms with E-state index in [2.05, 4.69) is 29.2 Å². The SMILES string of the molecule is CC(C)(C)S(=O)[O-].NC1CCN(c2ccc(CCC3CCCCC3)cc2)C1. The Morgan fingerprint density at radius 3 is 2.19 bits per heavy atom. The first-order valence-electron chi connectivity index (χ1n) is 10.4. The maximum Gasteiger partial charge on any atom is 0.0366 e. The van der Waals surface area contributed by atoms with Gasteiger partial charge in [0.15, 0.2) is 0 Å². The second-order valence-corrected chi connectivity index (χ2v) is 10.7. The molecule has 2 aliphatic rings. The predicted octanol–water partition coefficient (Wildman–Crippen LogP) is 4.40. The molecule has 1 aliphatic carbocycles. The quantitative estimate of drug-likeness (QED) is 0.770. The van der Waals surface area contributed by atoms with Gasteiger partial charge in [0.05, 0.1) is 0 Å². The number of anilines is 1. The van der Waals surface area contributed by atoms with Crippen LogP contribution in [0.1, 0.15) is 71.3 Å². The van der Waals surface area contributed by atoms with E-state index in [4.69, 9.17) is 5.73 Å². The molecule has 154 valence electrons. The Balaban J connectivity index is 0.000000321. The summed E-state index contributed by atoms with van der Waals surface area (Å²) in [4.78, 5) is 2.41. The van der Waals surface area contributed by atoms with Gasteiger partial charge in [0.2, 0.25) is 0 Å². The van der Waals surface area contributed by atoms with E-state index in [0.717, 1.165) is 25.4 Å². The van der Waals surface area contributed by atoms with Crippen LogP contribution in [0.15, 0.2) is 24.3 Å². The summed E-state index contributed by atoms with van der Waals surface area (Å²) < 4.78 is 19.5. The van der Waals surface area contributed by atoms with Gasteiger partial charge in [0.25, 0.3) is 0 Å². The van der Waals surface area contributed by atoms with Crippen molar-refractivity contribution in [1.29, 1.82) is 0 Å². The fourth-order valence-corrected chi connectivity index (χ4v) is 3.74. The van der Waals surface area contributed by atoms with E-state index in [1.165, 1.54) is 56.2 Å². The number of rotatable bonds is 4. The molecule has 0 spiro atoms. The molecule has 0 bridgehead atoms. The molecule has 0 aromatic heterocycles. The average molecular weight is 394 g/mol. The molecule has 1 aromatic rings. The van der Waals surface area contributed by atoms with Crippen molar-refractivity contribution in [2.24, 2.45) is 11.7 Å². The number of aryl methyl sites for hydroxylation is 1. The molecule has 5 heteroatoms. The van der Waals surface area contributed by atoms with Crippen LogP contribution in [-0.4, -0.2) is 32.6 Å². The van der Waals surface area contributed by atoms with E-state index in [1.54, 1.807) is 20.8 Å². The van der Waals surface area contributed by atoms with Crippen molar-refractivity contribution in [2.45, 2.75) is 82.9 Å². The largest absolute Gasteiger partial charge is 0.772 e. The van der Waals surface area contributed by atoms with Crippen molar-refractivity contribution < 1.29 is 8.76 Å². The Morgan fingerprint density at radius 2 is 1.70 bits per heavy atom. The maximum atomic E-state index is 10.0. The van der Waals surface area contributed by atoms with E-state index in [0.29, 0.717) is 6.04 Å². The van der Waals surface area contributed by atoms with Crippen molar-refractivity contribution in [2.75, 3.05) is 18.0 Å². The van der Waals surface area contributed by atoms with E-state index >= 15 is 0 Å². The molecule has 2 atom stereocenters. The fraction of sp³-hybridized carbons (Fsp3) is 0.727. The molecule has 2 N–H and O–H groups in total. The lowest BCUT2D eigenvalue weighted by atomic mass is 9.85. The number of benzene rings is 1. The van der Waals surface area contributed by atoms with E-state index in [9.17, 15) is 8.76 Å². The van der Waals surface area contributed by atoms with Gasteiger partial charge in [-0.1, -0.05) is 44.2 Å². The molecule has 4 nitrogen and oxygen atoms in total. The maximum absolute atomic E-state index is 10.0. The van der Waals surface area contributed by atoms with Crippen LogP contribution in [0.4, 0.5) is 5.69 Å². The van der Waals surface area contributed by atoms with E-state index < -0.39 is 15.8 Å². The third-order valence-electron chi connectivity index (χ3n) is 5.59. The standard InChI is InChI=1S/C18H28N2.C4H10O2S/c19-17-12-13-20(14-17)18-10-8-16(9-11-18)7-6-15-4-2-1-3-5-15;1-4(2,3)7(5)6/h8-11,15,17H,1-7,12-14,19H2;1-3H3,(H,5,6)/p-1. The van der Waals surface area contributed by atoms with Crippen LogP contribution in [0.25, 0.3) is 0 Å². The van der Waals surface area contributed by atoms with Crippen molar-refractivity contribution in [3.05, 3.63) is 29.8 Å². The molecule has 27 heavy (non-hydrogen) atoms. The Bertz CT molecular complexity index is 577. The summed E-state index contributed by atoms with van der Waals surface area (Å²) in [6.45, 7) is 7.08. The van der Waals surface area contributed by atoms with Crippen LogP contribution in [0.3, 0.4) is 0 Å². The second-order valence-electron chi connectivity index (χ2n) is 9.05. The van der Waals surface area contributed by atoms with Gasteiger partial charge in [0, 0.05) is 29.6 Å². The zero-order valence-electron chi connectivity index (χ0n) is 17.3. The molecule has 0 amide bonds. The normalized spacial score (nSPS) is 22.3. The van der Waals surface area contributed by atoms with Crippen LogP contribution in [-0.2, 0) is 17.5 Å². The monoisotopic (exact) mass is 393 g/mol. The zero-order valence-corrected chi connectivity index (χ0v) is 18.1. The van der Waals surface area contributed by atoms with Gasteiger partial charge in [-0.3, -0.25) is 4.21 Å². The summed E-state index contributed by atoms with van der Waals surface area (Å²) in [6, 6.07) is 9.58. The zero-order chi connectivity index (χ0) is 19.9. The summed E-state index contributed by atoms with van der Waals surface area (Å²) in [7, 11) is 0. The van der Waals surface area contributed by atoms with Crippen molar-refractivity contribution in [1.82, 2.24) is 0 Å². The highest BCUT2D eigenvalue weighted by atomic mass is 32.2. The van der Waals surface area contributed by atoms with Crippen LogP contribution < -0.4 is 10.6 Å². The lowest BCUT2D eigenvalue weighted by molar-refractivity contribution is 0.339. The summed E-state index contributed by atoms with van der Waals surface area (Å²) >= 11 is -1.93. The topological polar surface area (TPSA) is 69.4 Å². The van der Waals surface area contributed by atoms with E-state index in [1.807, 2.05) is 0 Å². The molecule has 0 radical (unpaired) electrons. The highest BCUT2D eigenvalue weighted by Gasteiger charge is 2.19. The van der Waals surface area contributed by atoms with E-state index in [-0.39, 0.29) is 0 Å². The Hall–Kier alpha value is -0.910. The van der Waals surface area contributed by atoms with Crippen LogP contribution in [0.2, 0.25) is 0 Å². The lowest BCUT2D eigenvalue weighted by Crippen LogP contribution is -2.26. The molecule has 2 unspecified atom stereocenters. The fourth-order valence-electron chi connectivity index (χ4n) is 3.74. The molecule has 2 fully saturated rings. The molecule has 1 saturated heterocycles. The predicted molar refractivity (Wildman–Crippen MR) is 115 cm³/mol. The van der Waals surface area contributed by atoms with Crippen LogP contribution in [0, 0.1) is 5.92 Å². The van der Waals surface area contributed by atoms with Crippen LogP contribution >= 0.6 is 0 Å². The summed E-state index contributed by atoms with van der Waals surface area (Å²) in [5.74, 6) is 0.986. The van der Waals surface area contributed by atoms with Gasteiger partial charge >= 0.3 is 0 Å². The summed E-state index contributed by atoms with van der Waals surface area (Å²) in [5.41, 5.74) is 8.83. The first-order valence-corrected chi connectivity index (χ1v) is 11.5. The minimum absolute atomic E-state index is 0.362. The summed E-state index contributed by atoms with van der Waals surface area (Å²) in [5, 5.41) is 0. The number of nitrogens with zero attached hydrogens (tertiary/aromatic N) is 1. The second kappa shape index (κ2) is 10.6. The van der Waals surface area contributed by atoms with Gasteiger partial charge in [-0.25, -0.2) is 0 Å². The minimum atomic E-state index is -1.93. The molecule has 3 rings (SSSR count). The van der Waals surface area contributed by atoms with Gasteiger partial charge in [-0.05, 0) is 74.7 Å². The van der Waals surface area contributed by atoms with Gasteiger partial charge < -0.3 is 15.2 Å². The molecule has 1 aromatic carbocycles. The first-order chi connectivity index (χ1) is 12.8. The smallest absolute Gasteiger partial charge is 0.0366 e. The van der Waals surface area contributed by atoms with Crippen LogP contribution in [0.5, 0.6) is 0 Å². The van der Waals surface area contributed by atoms with Gasteiger partial charge in [-0.2, -0.15) is 0 Å². The Morgan fingerprint density at radius 1 is 1.11 bits per heavy atom. The first kappa shape index (κ1) is 22.4. The van der Waals surface area contributed by atoms with Crippen molar-refractivity contribution in [3.8, 4) is 0 Å². The highest BCUT2D eigenvalue weighted by molar-refractivity contribution is 7.80. The molecule has 1 heterocycles. The third kappa shape index (κ3) is 7.92. The van der Waals surface area contributed by atoms with Gasteiger partial charge in [-0.15, -0.1) is 0 Å². The number of hydrogen-bond acceptors (Lipinski definition) is 4. The number of hydrogen-bond donors (Lipinski definition) is 1. The molecule has 1 aliphatic heterocycles. The molecule has 1 saturated carbocycles. The third-order valence-corrected chi connectivity index (χ3v) is 6.59. The van der Waals surface area contributed by atoms with Gasteiger partial charge in [0.1, 0.15) is 0 Å². The van der Waals surface area contributed by atoms with Crippen molar-refractivity contribution in [3.63, 3.8) is 0 Å². The highest BCUT2D eigenvalue weighted by Crippen LogP contribution is 2.28. The number of nitrogens with two attached hydrogens (primary N) is 1. The Kier molecular flexibility index (Phi) is 8.77. The minimum Gasteiger partial charge on any atom is -0.772 e. The lowest BCUT2D eigenvalue weighted by Gasteiger charge is -2.21. The molecular formula is C22H37N2O2S-. The molecular weight excluding hydrogens is 356 g/mol. The van der Waals surface area contributed by atoms with Crippen molar-refractivity contribution >= 4 is 16.8 Å². The average Bonchev–Trinajstić information content (AvgIpc) is 3.07. The Labute approximate surface area is 168 Å². The summed E-state index contributed by atoms with van der Waals surface area (Å²) in [6.07, 6.45) is 11.1.